The molecular weight excluding hydrogens is 347 g/mol. The van der Waals surface area contributed by atoms with Crippen molar-refractivity contribution < 1.29 is 39.9 Å². The van der Waals surface area contributed by atoms with Crippen LogP contribution in [0.25, 0.3) is 0 Å². The molecular formula is C13H19F5O4S. The van der Waals surface area contributed by atoms with Gasteiger partial charge >= 0.3 is 18.1 Å². The lowest BCUT2D eigenvalue weighted by atomic mass is 9.92. The molecule has 136 valence electrons. The Hall–Kier alpha value is -0.930. The predicted octanol–water partition coefficient (Wildman–Crippen LogP) is 2.97. The van der Waals surface area contributed by atoms with Gasteiger partial charge in [0.2, 0.25) is 0 Å². The van der Waals surface area contributed by atoms with Crippen LogP contribution in [0.15, 0.2) is 0 Å². The fraction of sp³-hybridized carbons (Fsp3) is 0.923. The molecule has 0 aromatic carbocycles. The number of halogens is 5. The summed E-state index contributed by atoms with van der Waals surface area (Å²) in [5, 5.41) is 0. The molecule has 1 aliphatic heterocycles. The van der Waals surface area contributed by atoms with E-state index in [-0.39, 0.29) is 24.3 Å². The number of carbonyl (C=O) groups excluding carboxylic acids is 1. The minimum atomic E-state index is -5.85. The quantitative estimate of drug-likeness (QED) is 0.554. The van der Waals surface area contributed by atoms with E-state index >= 15 is 0 Å². The minimum absolute atomic E-state index is 0.0218. The number of sulfone groups is 1. The van der Waals surface area contributed by atoms with Gasteiger partial charge in [-0.15, -0.1) is 0 Å². The highest BCUT2D eigenvalue weighted by Crippen LogP contribution is 2.42. The Bertz CT molecular complexity index is 513. The molecule has 0 aromatic rings. The van der Waals surface area contributed by atoms with Crippen LogP contribution in [0.2, 0.25) is 0 Å². The lowest BCUT2D eigenvalue weighted by Crippen LogP contribution is -2.50. The van der Waals surface area contributed by atoms with Crippen molar-refractivity contribution in [3.8, 4) is 0 Å². The number of ether oxygens (including phenoxy) is 1. The summed E-state index contributed by atoms with van der Waals surface area (Å²) in [6.07, 6.45) is -9.27. The molecule has 0 aliphatic carbocycles. The third kappa shape index (κ3) is 5.29. The minimum Gasteiger partial charge on any atom is -0.455 e. The topological polar surface area (TPSA) is 60.4 Å². The average molecular weight is 366 g/mol. The summed E-state index contributed by atoms with van der Waals surface area (Å²) >= 11 is 0. The average Bonchev–Trinajstić information content (AvgIpc) is 2.38. The Kier molecular flexibility index (Phi) is 6.04. The van der Waals surface area contributed by atoms with E-state index in [1.807, 2.05) is 0 Å². The van der Waals surface area contributed by atoms with Crippen LogP contribution in [0.5, 0.6) is 0 Å². The summed E-state index contributed by atoms with van der Waals surface area (Å²) in [6.45, 7) is 2.64. The van der Waals surface area contributed by atoms with Gasteiger partial charge in [0.25, 0.3) is 0 Å². The van der Waals surface area contributed by atoms with Crippen LogP contribution >= 0.6 is 0 Å². The van der Waals surface area contributed by atoms with Gasteiger partial charge in [-0.25, -0.2) is 8.42 Å². The summed E-state index contributed by atoms with van der Waals surface area (Å²) < 4.78 is 91.9. The molecule has 0 radical (unpaired) electrons. The molecule has 1 heterocycles. The highest BCUT2D eigenvalue weighted by molar-refractivity contribution is 7.91. The van der Waals surface area contributed by atoms with Crippen LogP contribution in [-0.2, 0) is 19.4 Å². The molecule has 1 unspecified atom stereocenters. The van der Waals surface area contributed by atoms with Crippen LogP contribution in [0.3, 0.4) is 0 Å². The first-order valence-electron chi connectivity index (χ1n) is 7.11. The largest absolute Gasteiger partial charge is 0.457 e. The maximum atomic E-state index is 13.6. The second kappa shape index (κ2) is 6.90. The summed E-state index contributed by atoms with van der Waals surface area (Å²) in [5.74, 6) is -8.39. The fourth-order valence-corrected chi connectivity index (χ4v) is 3.80. The van der Waals surface area contributed by atoms with E-state index in [0.29, 0.717) is 0 Å². The number of hydrogen-bond acceptors (Lipinski definition) is 4. The molecule has 0 saturated carbocycles. The van der Waals surface area contributed by atoms with Gasteiger partial charge in [-0.05, 0) is 25.2 Å². The number of alkyl halides is 5. The molecule has 1 atom stereocenters. The summed E-state index contributed by atoms with van der Waals surface area (Å²) in [4.78, 5) is 11.5. The van der Waals surface area contributed by atoms with E-state index in [1.165, 1.54) is 13.8 Å². The van der Waals surface area contributed by atoms with E-state index in [9.17, 15) is 35.2 Å². The van der Waals surface area contributed by atoms with E-state index in [1.54, 1.807) is 0 Å². The van der Waals surface area contributed by atoms with Gasteiger partial charge in [0.05, 0.1) is 17.4 Å². The van der Waals surface area contributed by atoms with E-state index < -0.39 is 52.3 Å². The standard InChI is InChI=1S/C13H19F5O4S/c1-8(2)11(19)22-10(12(14,15)13(16,17)18)7-9-3-5-23(20,21)6-4-9/h8-10H,3-7H2,1-2H3. The fourth-order valence-electron chi connectivity index (χ4n) is 2.21. The van der Waals surface area contributed by atoms with Gasteiger partial charge in [0.1, 0.15) is 9.84 Å². The second-order valence-electron chi connectivity index (χ2n) is 6.03. The molecule has 1 rings (SSSR count). The highest BCUT2D eigenvalue weighted by atomic mass is 32.2. The van der Waals surface area contributed by atoms with Crippen LogP contribution in [0, 0.1) is 11.8 Å². The zero-order valence-corrected chi connectivity index (χ0v) is 13.5. The first-order chi connectivity index (χ1) is 10.3. The Balaban J connectivity index is 2.90. The Morgan fingerprint density at radius 1 is 1.13 bits per heavy atom. The van der Waals surface area contributed by atoms with Gasteiger partial charge in [0, 0.05) is 0 Å². The Morgan fingerprint density at radius 3 is 2.00 bits per heavy atom. The lowest BCUT2D eigenvalue weighted by molar-refractivity contribution is -0.316. The van der Waals surface area contributed by atoms with Crippen molar-refractivity contribution >= 4 is 15.8 Å². The summed E-state index contributed by atoms with van der Waals surface area (Å²) in [5.41, 5.74) is 0. The lowest BCUT2D eigenvalue weighted by Gasteiger charge is -2.32. The van der Waals surface area contributed by atoms with Crippen molar-refractivity contribution in [2.45, 2.75) is 51.3 Å². The third-order valence-electron chi connectivity index (χ3n) is 3.73. The van der Waals surface area contributed by atoms with Gasteiger partial charge in [-0.3, -0.25) is 4.79 Å². The van der Waals surface area contributed by atoms with Crippen molar-refractivity contribution in [2.24, 2.45) is 11.8 Å². The number of rotatable bonds is 5. The molecule has 1 fully saturated rings. The molecule has 10 heteroatoms. The highest BCUT2D eigenvalue weighted by Gasteiger charge is 2.64. The first-order valence-corrected chi connectivity index (χ1v) is 8.94. The van der Waals surface area contributed by atoms with E-state index in [2.05, 4.69) is 4.74 Å². The SMILES string of the molecule is CC(C)C(=O)OC(CC1CCS(=O)(=O)CC1)C(F)(F)C(F)(F)F. The molecule has 0 aromatic heterocycles. The first kappa shape index (κ1) is 20.1. The van der Waals surface area contributed by atoms with Gasteiger partial charge in [0.15, 0.2) is 6.10 Å². The molecule has 0 bridgehead atoms. The number of hydrogen-bond donors (Lipinski definition) is 0. The van der Waals surface area contributed by atoms with Crippen molar-refractivity contribution in [3.63, 3.8) is 0 Å². The predicted molar refractivity (Wildman–Crippen MR) is 71.7 cm³/mol. The molecule has 0 amide bonds. The maximum absolute atomic E-state index is 13.6. The molecule has 1 aliphatic rings. The molecule has 0 N–H and O–H groups in total. The van der Waals surface area contributed by atoms with Crippen molar-refractivity contribution in [1.29, 1.82) is 0 Å². The van der Waals surface area contributed by atoms with Crippen molar-refractivity contribution in [2.75, 3.05) is 11.5 Å². The van der Waals surface area contributed by atoms with Crippen LogP contribution in [-0.4, -0.2) is 44.1 Å². The van der Waals surface area contributed by atoms with E-state index in [0.717, 1.165) is 0 Å². The van der Waals surface area contributed by atoms with Gasteiger partial charge in [-0.1, -0.05) is 13.8 Å². The smallest absolute Gasteiger partial charge is 0.455 e. The van der Waals surface area contributed by atoms with E-state index in [4.69, 9.17) is 0 Å². The van der Waals surface area contributed by atoms with Gasteiger partial charge < -0.3 is 4.74 Å². The molecule has 23 heavy (non-hydrogen) atoms. The molecule has 1 saturated heterocycles. The number of esters is 1. The van der Waals surface area contributed by atoms with Gasteiger partial charge in [-0.2, -0.15) is 22.0 Å². The maximum Gasteiger partial charge on any atom is 0.457 e. The number of carbonyl (C=O) groups is 1. The summed E-state index contributed by atoms with van der Waals surface area (Å²) in [7, 11) is -3.27. The van der Waals surface area contributed by atoms with Crippen molar-refractivity contribution in [1.82, 2.24) is 0 Å². The summed E-state index contributed by atoms with van der Waals surface area (Å²) in [6, 6.07) is 0. The van der Waals surface area contributed by atoms with Crippen LogP contribution in [0.4, 0.5) is 22.0 Å². The second-order valence-corrected chi connectivity index (χ2v) is 8.34. The third-order valence-corrected chi connectivity index (χ3v) is 5.45. The van der Waals surface area contributed by atoms with Crippen molar-refractivity contribution in [3.05, 3.63) is 0 Å². The normalized spacial score (nSPS) is 21.2. The van der Waals surface area contributed by atoms with Crippen LogP contribution < -0.4 is 0 Å². The Labute approximate surface area is 131 Å². The molecule has 0 spiro atoms. The van der Waals surface area contributed by atoms with Crippen LogP contribution in [0.1, 0.15) is 33.1 Å². The zero-order valence-electron chi connectivity index (χ0n) is 12.7. The molecule has 4 nitrogen and oxygen atoms in total. The monoisotopic (exact) mass is 366 g/mol. The zero-order chi connectivity index (χ0) is 18.1. The Morgan fingerprint density at radius 2 is 1.61 bits per heavy atom.